The molecule has 0 aromatic rings. The molecule has 0 amide bonds. The van der Waals surface area contributed by atoms with Crippen LogP contribution in [0.1, 0.15) is 20.8 Å². The molecule has 0 fully saturated rings. The van der Waals surface area contributed by atoms with Crippen LogP contribution < -0.4 is 5.73 Å². The van der Waals surface area contributed by atoms with Gasteiger partial charge in [0.2, 0.25) is 0 Å². The highest BCUT2D eigenvalue weighted by atomic mass is 16.3. The highest BCUT2D eigenvalue weighted by molar-refractivity contribution is 5.87. The number of nitrogens with two attached hydrogens (primary N) is 1. The third-order valence-electron chi connectivity index (χ3n) is 0.955. The van der Waals surface area contributed by atoms with Gasteiger partial charge in [-0.05, 0) is 20.8 Å². The van der Waals surface area contributed by atoms with Crippen molar-refractivity contribution < 1.29 is 5.11 Å². The van der Waals surface area contributed by atoms with Crippen LogP contribution in [0, 0.1) is 0 Å². The Morgan fingerprint density at radius 2 is 2.11 bits per heavy atom. The zero-order valence-corrected chi connectivity index (χ0v) is 6.18. The first kappa shape index (κ1) is 8.43. The number of nitrogens with zero attached hydrogens (tertiary/aromatic N) is 1. The lowest BCUT2D eigenvalue weighted by Crippen LogP contribution is -2.38. The molecule has 0 spiro atoms. The molecular weight excluding hydrogens is 116 g/mol. The van der Waals surface area contributed by atoms with Crippen LogP contribution in [-0.4, -0.2) is 23.1 Å². The standard InChI is InChI=1S/C6H14N2O/c1-4-8-5(7)6(2,3)9/h9H,4H2,1-3H3,(H2,7,8). The molecule has 0 aliphatic heterocycles. The van der Waals surface area contributed by atoms with E-state index in [1.807, 2.05) is 6.92 Å². The summed E-state index contributed by atoms with van der Waals surface area (Å²) in [5, 5.41) is 9.16. The summed E-state index contributed by atoms with van der Waals surface area (Å²) in [6.45, 7) is 5.72. The molecule has 3 N–H and O–H groups in total. The first-order chi connectivity index (χ1) is 3.98. The van der Waals surface area contributed by atoms with Gasteiger partial charge in [0.05, 0.1) is 0 Å². The minimum Gasteiger partial charge on any atom is -0.385 e. The highest BCUT2D eigenvalue weighted by Crippen LogP contribution is 1.99. The Morgan fingerprint density at radius 3 is 2.22 bits per heavy atom. The number of rotatable bonds is 2. The van der Waals surface area contributed by atoms with Gasteiger partial charge in [-0.2, -0.15) is 0 Å². The van der Waals surface area contributed by atoms with Crippen LogP contribution in [0.2, 0.25) is 0 Å². The fourth-order valence-electron chi connectivity index (χ4n) is 0.364. The van der Waals surface area contributed by atoms with Gasteiger partial charge in [-0.1, -0.05) is 0 Å². The largest absolute Gasteiger partial charge is 0.385 e. The lowest BCUT2D eigenvalue weighted by atomic mass is 10.1. The second-order valence-corrected chi connectivity index (χ2v) is 2.42. The molecule has 0 radical (unpaired) electrons. The fraction of sp³-hybridized carbons (Fsp3) is 0.833. The van der Waals surface area contributed by atoms with Crippen molar-refractivity contribution in [1.82, 2.24) is 0 Å². The third kappa shape index (κ3) is 3.08. The van der Waals surface area contributed by atoms with E-state index in [4.69, 9.17) is 10.8 Å². The summed E-state index contributed by atoms with van der Waals surface area (Å²) in [5.74, 6) is 0.296. The topological polar surface area (TPSA) is 58.6 Å². The molecule has 9 heavy (non-hydrogen) atoms. The van der Waals surface area contributed by atoms with E-state index in [1.54, 1.807) is 13.8 Å². The Morgan fingerprint density at radius 1 is 1.67 bits per heavy atom. The Kier molecular flexibility index (Phi) is 2.65. The molecule has 0 atom stereocenters. The molecule has 0 saturated heterocycles. The van der Waals surface area contributed by atoms with Gasteiger partial charge in [0.25, 0.3) is 0 Å². The number of hydrogen-bond acceptors (Lipinski definition) is 2. The van der Waals surface area contributed by atoms with Crippen LogP contribution in [-0.2, 0) is 0 Å². The normalized spacial score (nSPS) is 14.0. The van der Waals surface area contributed by atoms with E-state index < -0.39 is 5.60 Å². The van der Waals surface area contributed by atoms with Crippen LogP contribution >= 0.6 is 0 Å². The van der Waals surface area contributed by atoms with Gasteiger partial charge in [0, 0.05) is 6.54 Å². The number of aliphatic hydroxyl groups is 1. The summed E-state index contributed by atoms with van der Waals surface area (Å²) in [6.07, 6.45) is 0. The lowest BCUT2D eigenvalue weighted by Gasteiger charge is -2.15. The molecule has 0 heterocycles. The molecular formula is C6H14N2O. The fourth-order valence-corrected chi connectivity index (χ4v) is 0.364. The van der Waals surface area contributed by atoms with Crippen LogP contribution in [0.4, 0.5) is 0 Å². The second-order valence-electron chi connectivity index (χ2n) is 2.42. The molecule has 0 aromatic heterocycles. The minimum absolute atomic E-state index is 0.296. The summed E-state index contributed by atoms with van der Waals surface area (Å²) >= 11 is 0. The maximum atomic E-state index is 9.16. The zero-order valence-electron chi connectivity index (χ0n) is 6.18. The SMILES string of the molecule is CCN=C(N)C(C)(C)O. The maximum absolute atomic E-state index is 9.16. The number of aliphatic imine (C=N–C) groups is 1. The first-order valence-electron chi connectivity index (χ1n) is 3.01. The van der Waals surface area contributed by atoms with Crippen LogP contribution in [0.3, 0.4) is 0 Å². The van der Waals surface area contributed by atoms with Crippen molar-refractivity contribution in [2.45, 2.75) is 26.4 Å². The van der Waals surface area contributed by atoms with Crippen molar-refractivity contribution in [3.05, 3.63) is 0 Å². The Balaban J connectivity index is 4.03. The summed E-state index contributed by atoms with van der Waals surface area (Å²) in [6, 6.07) is 0. The van der Waals surface area contributed by atoms with Gasteiger partial charge < -0.3 is 10.8 Å². The summed E-state index contributed by atoms with van der Waals surface area (Å²) in [7, 11) is 0. The molecule has 0 rings (SSSR count). The van der Waals surface area contributed by atoms with Gasteiger partial charge in [0.1, 0.15) is 11.4 Å². The van der Waals surface area contributed by atoms with Crippen molar-refractivity contribution in [3.63, 3.8) is 0 Å². The summed E-state index contributed by atoms with van der Waals surface area (Å²) in [5.41, 5.74) is 4.40. The summed E-state index contributed by atoms with van der Waals surface area (Å²) < 4.78 is 0. The van der Waals surface area contributed by atoms with E-state index in [1.165, 1.54) is 0 Å². The van der Waals surface area contributed by atoms with Gasteiger partial charge in [-0.3, -0.25) is 4.99 Å². The van der Waals surface area contributed by atoms with Crippen molar-refractivity contribution >= 4 is 5.84 Å². The molecule has 0 saturated carbocycles. The average Bonchev–Trinajstić information content (AvgIpc) is 1.64. The van der Waals surface area contributed by atoms with Gasteiger partial charge >= 0.3 is 0 Å². The second kappa shape index (κ2) is 2.82. The first-order valence-corrected chi connectivity index (χ1v) is 3.01. The van der Waals surface area contributed by atoms with Crippen molar-refractivity contribution in [1.29, 1.82) is 0 Å². The quantitative estimate of drug-likeness (QED) is 0.412. The molecule has 0 aliphatic rings. The molecule has 0 aliphatic carbocycles. The summed E-state index contributed by atoms with van der Waals surface area (Å²) in [4.78, 5) is 3.84. The Hall–Kier alpha value is -0.570. The van der Waals surface area contributed by atoms with Gasteiger partial charge in [-0.25, -0.2) is 0 Å². The third-order valence-corrected chi connectivity index (χ3v) is 0.955. The lowest BCUT2D eigenvalue weighted by molar-refractivity contribution is 0.152. The average molecular weight is 130 g/mol. The predicted octanol–water partition coefficient (Wildman–Crippen LogP) is 0.134. The van der Waals surface area contributed by atoms with E-state index >= 15 is 0 Å². The molecule has 0 unspecified atom stereocenters. The van der Waals surface area contributed by atoms with E-state index in [0.29, 0.717) is 12.4 Å². The number of hydrogen-bond donors (Lipinski definition) is 2. The Labute approximate surface area is 55.6 Å². The smallest absolute Gasteiger partial charge is 0.125 e. The monoisotopic (exact) mass is 130 g/mol. The molecule has 0 aromatic carbocycles. The zero-order chi connectivity index (χ0) is 7.49. The van der Waals surface area contributed by atoms with E-state index in [2.05, 4.69) is 4.99 Å². The van der Waals surface area contributed by atoms with E-state index in [-0.39, 0.29) is 0 Å². The highest BCUT2D eigenvalue weighted by Gasteiger charge is 2.16. The van der Waals surface area contributed by atoms with Crippen LogP contribution in [0.25, 0.3) is 0 Å². The van der Waals surface area contributed by atoms with Crippen LogP contribution in [0.5, 0.6) is 0 Å². The van der Waals surface area contributed by atoms with E-state index in [0.717, 1.165) is 0 Å². The molecule has 3 nitrogen and oxygen atoms in total. The maximum Gasteiger partial charge on any atom is 0.125 e. The molecule has 0 bridgehead atoms. The van der Waals surface area contributed by atoms with Crippen LogP contribution in [0.15, 0.2) is 4.99 Å². The van der Waals surface area contributed by atoms with E-state index in [9.17, 15) is 0 Å². The number of amidine groups is 1. The minimum atomic E-state index is -0.962. The molecule has 54 valence electrons. The Bertz CT molecular complexity index is 113. The predicted molar refractivity (Wildman–Crippen MR) is 38.5 cm³/mol. The van der Waals surface area contributed by atoms with Gasteiger partial charge in [0.15, 0.2) is 0 Å². The van der Waals surface area contributed by atoms with Crippen molar-refractivity contribution in [3.8, 4) is 0 Å². The van der Waals surface area contributed by atoms with Gasteiger partial charge in [-0.15, -0.1) is 0 Å². The molecule has 3 heteroatoms. The van der Waals surface area contributed by atoms with Crippen molar-refractivity contribution in [2.75, 3.05) is 6.54 Å². The van der Waals surface area contributed by atoms with Crippen molar-refractivity contribution in [2.24, 2.45) is 10.7 Å².